The second kappa shape index (κ2) is 1.79. The van der Waals surface area contributed by atoms with Crippen LogP contribution in [0.3, 0.4) is 0 Å². The van der Waals surface area contributed by atoms with Gasteiger partial charge in [-0.25, -0.2) is 0 Å². The summed E-state index contributed by atoms with van der Waals surface area (Å²) in [5, 5.41) is 0. The highest BCUT2D eigenvalue weighted by Gasteiger charge is 2.29. The van der Waals surface area contributed by atoms with E-state index in [2.05, 4.69) is 9.98 Å². The minimum Gasteiger partial charge on any atom is -0.0533 e. The highest BCUT2D eigenvalue weighted by molar-refractivity contribution is 5.81. The Balaban J connectivity index is 2.19. The molecule has 2 rings (SSSR count). The number of hydrogen-bond acceptors (Lipinski definition) is 2. The monoisotopic (exact) mass is 120 g/mol. The molecule has 0 aromatic rings. The number of allylic oxidation sites excluding steroid dienone is 2. The lowest BCUT2D eigenvalue weighted by atomic mass is 10.3. The van der Waals surface area contributed by atoms with Crippen LogP contribution in [0.5, 0.6) is 0 Å². The number of nitrogens with zero attached hydrogens (tertiary/aromatic N) is 2. The quantitative estimate of drug-likeness (QED) is 0.487. The molecule has 0 aromatic heterocycles. The molecule has 0 aromatic carbocycles. The molecule has 1 aliphatic carbocycles. The molecule has 0 saturated heterocycles. The van der Waals surface area contributed by atoms with E-state index in [0.29, 0.717) is 0 Å². The van der Waals surface area contributed by atoms with Gasteiger partial charge in [-0.1, -0.05) is 4.99 Å². The summed E-state index contributed by atoms with van der Waals surface area (Å²) in [6.45, 7) is 0. The van der Waals surface area contributed by atoms with Crippen LogP contribution in [0, 0.1) is 5.92 Å². The zero-order chi connectivity index (χ0) is 6.10. The van der Waals surface area contributed by atoms with Crippen LogP contribution in [0.2, 0.25) is 0 Å². The summed E-state index contributed by atoms with van der Waals surface area (Å²) >= 11 is 0. The average molecular weight is 120 g/mol. The fourth-order valence-corrected chi connectivity index (χ4v) is 0.922. The first-order valence-electron chi connectivity index (χ1n) is 3.23. The highest BCUT2D eigenvalue weighted by atomic mass is 14.9. The van der Waals surface area contributed by atoms with Crippen LogP contribution in [0.25, 0.3) is 0 Å². The van der Waals surface area contributed by atoms with Crippen molar-refractivity contribution in [2.24, 2.45) is 10.9 Å². The Morgan fingerprint density at radius 1 is 1.56 bits per heavy atom. The van der Waals surface area contributed by atoms with Crippen LogP contribution in [0.4, 0.5) is 0 Å². The topological polar surface area (TPSA) is 26.5 Å². The van der Waals surface area contributed by atoms with Gasteiger partial charge in [0.15, 0.2) is 5.70 Å². The van der Waals surface area contributed by atoms with E-state index < -0.39 is 0 Å². The minimum absolute atomic E-state index is 0.757. The first-order chi connectivity index (χ1) is 4.47. The van der Waals surface area contributed by atoms with E-state index in [0.717, 1.165) is 5.92 Å². The molecule has 2 heteroatoms. The lowest BCUT2D eigenvalue weighted by molar-refractivity contribution is 0.980. The maximum Gasteiger partial charge on any atom is 0.327 e. The van der Waals surface area contributed by atoms with Gasteiger partial charge in [0.05, 0.1) is 0 Å². The fourth-order valence-electron chi connectivity index (χ4n) is 0.922. The van der Waals surface area contributed by atoms with Crippen LogP contribution in [-0.4, -0.2) is 12.6 Å². The van der Waals surface area contributed by atoms with Crippen molar-refractivity contribution >= 4 is 12.6 Å². The van der Waals surface area contributed by atoms with E-state index in [1.807, 2.05) is 6.08 Å². The summed E-state index contributed by atoms with van der Waals surface area (Å²) < 4.78 is 0. The van der Waals surface area contributed by atoms with Crippen molar-refractivity contribution in [2.75, 3.05) is 0 Å². The van der Waals surface area contributed by atoms with Gasteiger partial charge in [0.25, 0.3) is 0 Å². The molecule has 0 atom stereocenters. The normalized spacial score (nSPS) is 24.2. The van der Waals surface area contributed by atoms with Gasteiger partial charge in [-0.2, -0.15) is 0 Å². The Kier molecular flexibility index (Phi) is 0.979. The van der Waals surface area contributed by atoms with Crippen LogP contribution in [-0.2, 0) is 0 Å². The third-order valence-corrected chi connectivity index (χ3v) is 1.60. The maximum absolute atomic E-state index is 4.13. The molecule has 0 spiro atoms. The summed E-state index contributed by atoms with van der Waals surface area (Å²) in [7, 11) is 0. The second-order valence-electron chi connectivity index (χ2n) is 2.41. The highest BCUT2D eigenvalue weighted by Crippen LogP contribution is 2.36. The van der Waals surface area contributed by atoms with Crippen molar-refractivity contribution in [3.8, 4) is 0 Å². The van der Waals surface area contributed by atoms with E-state index in [1.165, 1.54) is 18.5 Å². The summed E-state index contributed by atoms with van der Waals surface area (Å²) in [6, 6.07) is 0. The minimum atomic E-state index is 0.757. The first-order valence-corrected chi connectivity index (χ1v) is 3.23. The van der Waals surface area contributed by atoms with Crippen molar-refractivity contribution in [1.29, 1.82) is 0 Å². The summed E-state index contributed by atoms with van der Waals surface area (Å²) in [6.07, 6.45) is 8.06. The predicted octanol–water partition coefficient (Wildman–Crippen LogP) is 0.729. The number of aliphatic imine (C=N–C) groups is 2. The Morgan fingerprint density at radius 3 is 3.00 bits per heavy atom. The van der Waals surface area contributed by atoms with Crippen LogP contribution in [0.1, 0.15) is 12.8 Å². The van der Waals surface area contributed by atoms with Gasteiger partial charge in [0.2, 0.25) is 0 Å². The molecule has 1 saturated carbocycles. The van der Waals surface area contributed by atoms with Crippen molar-refractivity contribution < 1.29 is 0 Å². The predicted molar refractivity (Wildman–Crippen MR) is 37.5 cm³/mol. The van der Waals surface area contributed by atoms with Crippen LogP contribution < -0.4 is 4.99 Å². The molecule has 9 heavy (non-hydrogen) atoms. The van der Waals surface area contributed by atoms with E-state index in [9.17, 15) is 0 Å². The Morgan fingerprint density at radius 2 is 2.44 bits per heavy atom. The van der Waals surface area contributed by atoms with Gasteiger partial charge in [0.1, 0.15) is 6.21 Å². The van der Waals surface area contributed by atoms with Gasteiger partial charge < -0.3 is 0 Å². The smallest absolute Gasteiger partial charge is 0.0533 e. The molecule has 0 amide bonds. The molecular formula is C7H8N2+. The number of hydrogen-bond donors (Lipinski definition) is 0. The van der Waals surface area contributed by atoms with Gasteiger partial charge in [0, 0.05) is 12.0 Å². The Hall–Kier alpha value is -0.920. The van der Waals surface area contributed by atoms with Crippen molar-refractivity contribution in [2.45, 2.75) is 12.8 Å². The second-order valence-corrected chi connectivity index (χ2v) is 2.41. The molecule has 1 heterocycles. The Bertz CT molecular complexity index is 197. The zero-order valence-corrected chi connectivity index (χ0v) is 5.12. The molecule has 1 fully saturated rings. The largest absolute Gasteiger partial charge is 0.327 e. The average Bonchev–Trinajstić information content (AvgIpc) is 2.71. The maximum atomic E-state index is 4.13. The van der Waals surface area contributed by atoms with Crippen LogP contribution in [0.15, 0.2) is 16.8 Å². The van der Waals surface area contributed by atoms with Crippen molar-refractivity contribution in [3.05, 3.63) is 11.8 Å². The van der Waals surface area contributed by atoms with E-state index in [-0.39, 0.29) is 0 Å². The Labute approximate surface area is 54.0 Å². The van der Waals surface area contributed by atoms with Gasteiger partial charge in [-0.05, 0) is 17.8 Å². The third-order valence-electron chi connectivity index (χ3n) is 1.60. The molecule has 0 unspecified atom stereocenters. The van der Waals surface area contributed by atoms with Crippen molar-refractivity contribution in [3.63, 3.8) is 0 Å². The molecular weight excluding hydrogens is 112 g/mol. The zero-order valence-electron chi connectivity index (χ0n) is 5.12. The number of rotatable bonds is 1. The lowest BCUT2D eigenvalue weighted by Crippen LogP contribution is -1.96. The van der Waals surface area contributed by atoms with Crippen molar-refractivity contribution in [1.82, 2.24) is 4.99 Å². The van der Waals surface area contributed by atoms with E-state index >= 15 is 0 Å². The molecule has 1 radical (unpaired) electrons. The van der Waals surface area contributed by atoms with Crippen LogP contribution >= 0.6 is 0 Å². The SMILES string of the molecule is C1=NC(C2CC2)=CC=[N+]1. The standard InChI is InChI=1S/C7H8N2/c1-2-6(1)7-3-4-8-5-9-7/h3-6H,1-2H2/q+1. The van der Waals surface area contributed by atoms with Gasteiger partial charge in [-0.15, -0.1) is 0 Å². The summed E-state index contributed by atoms with van der Waals surface area (Å²) in [5.74, 6) is 0.757. The fraction of sp³-hybridized carbons (Fsp3) is 0.429. The van der Waals surface area contributed by atoms with E-state index in [1.54, 1.807) is 12.6 Å². The molecule has 45 valence electrons. The van der Waals surface area contributed by atoms with Gasteiger partial charge in [-0.3, -0.25) is 0 Å². The molecule has 0 bridgehead atoms. The summed E-state index contributed by atoms with van der Waals surface area (Å²) in [4.78, 5) is 7.97. The molecule has 2 nitrogen and oxygen atoms in total. The summed E-state index contributed by atoms with van der Waals surface area (Å²) in [5.41, 5.74) is 1.21. The first kappa shape index (κ1) is 4.91. The third kappa shape index (κ3) is 0.922. The van der Waals surface area contributed by atoms with Gasteiger partial charge >= 0.3 is 6.34 Å². The van der Waals surface area contributed by atoms with E-state index in [4.69, 9.17) is 0 Å². The molecule has 0 N–H and O–H groups in total. The lowest BCUT2D eigenvalue weighted by Gasteiger charge is -1.85. The molecule has 2 aliphatic rings. The molecule has 1 aliphatic heterocycles.